The Morgan fingerprint density at radius 1 is 1.12 bits per heavy atom. The van der Waals surface area contributed by atoms with Gasteiger partial charge < -0.3 is 10.1 Å². The van der Waals surface area contributed by atoms with Gasteiger partial charge in [-0.25, -0.2) is 0 Å². The number of hydrogen-bond acceptors (Lipinski definition) is 3. The van der Waals surface area contributed by atoms with Gasteiger partial charge in [0.1, 0.15) is 0 Å². The van der Waals surface area contributed by atoms with Gasteiger partial charge in [0.05, 0.1) is 12.0 Å². The molecule has 136 valence electrons. The molecule has 0 saturated heterocycles. The zero-order valence-corrected chi connectivity index (χ0v) is 15.1. The normalized spacial score (nSPS) is 17.0. The van der Waals surface area contributed by atoms with Crippen LogP contribution in [0.4, 0.5) is 0 Å². The van der Waals surface area contributed by atoms with Crippen LogP contribution in [0.3, 0.4) is 0 Å². The highest BCUT2D eigenvalue weighted by Gasteiger charge is 2.24. The summed E-state index contributed by atoms with van der Waals surface area (Å²) in [5, 5.41) is 3.01. The van der Waals surface area contributed by atoms with E-state index in [9.17, 15) is 9.59 Å². The Kier molecular flexibility index (Phi) is 6.05. The van der Waals surface area contributed by atoms with E-state index in [0.717, 1.165) is 24.8 Å². The van der Waals surface area contributed by atoms with Gasteiger partial charge in [-0.15, -0.1) is 0 Å². The Labute approximate surface area is 154 Å². The number of ether oxygens (including phenoxy) is 1. The molecule has 0 spiro atoms. The minimum Gasteiger partial charge on any atom is -0.455 e. The van der Waals surface area contributed by atoms with E-state index in [4.69, 9.17) is 4.74 Å². The molecule has 3 rings (SSSR count). The maximum absolute atomic E-state index is 12.4. The van der Waals surface area contributed by atoms with Gasteiger partial charge in [-0.1, -0.05) is 61.5 Å². The van der Waals surface area contributed by atoms with E-state index in [0.29, 0.717) is 6.42 Å². The Morgan fingerprint density at radius 2 is 1.85 bits per heavy atom. The SMILES string of the molecule is CC[C@H](C(=O)OCC(=O)N[C@H]1CCCc2ccccc21)c1ccccc1. The van der Waals surface area contributed by atoms with Gasteiger partial charge in [0.15, 0.2) is 6.61 Å². The van der Waals surface area contributed by atoms with E-state index < -0.39 is 0 Å². The molecule has 0 fully saturated rings. The fourth-order valence-corrected chi connectivity index (χ4v) is 3.60. The highest BCUT2D eigenvalue weighted by Crippen LogP contribution is 2.29. The number of amides is 1. The van der Waals surface area contributed by atoms with Crippen LogP contribution in [0.25, 0.3) is 0 Å². The first-order chi connectivity index (χ1) is 12.7. The van der Waals surface area contributed by atoms with Crippen molar-refractivity contribution in [2.75, 3.05) is 6.61 Å². The first kappa shape index (κ1) is 18.2. The van der Waals surface area contributed by atoms with Gasteiger partial charge in [0, 0.05) is 0 Å². The minimum atomic E-state index is -0.349. The molecule has 1 amide bonds. The van der Waals surface area contributed by atoms with Crippen molar-refractivity contribution < 1.29 is 14.3 Å². The van der Waals surface area contributed by atoms with Gasteiger partial charge >= 0.3 is 5.97 Å². The molecule has 0 bridgehead atoms. The largest absolute Gasteiger partial charge is 0.455 e. The average molecular weight is 351 g/mol. The molecule has 4 heteroatoms. The highest BCUT2D eigenvalue weighted by molar-refractivity contribution is 5.83. The maximum atomic E-state index is 12.4. The molecule has 4 nitrogen and oxygen atoms in total. The number of carbonyl (C=O) groups excluding carboxylic acids is 2. The first-order valence-electron chi connectivity index (χ1n) is 9.27. The van der Waals surface area contributed by atoms with E-state index in [1.54, 1.807) is 0 Å². The second-order valence-electron chi connectivity index (χ2n) is 6.69. The summed E-state index contributed by atoms with van der Waals surface area (Å²) < 4.78 is 5.29. The smallest absolute Gasteiger partial charge is 0.313 e. The molecule has 0 aromatic heterocycles. The Hall–Kier alpha value is -2.62. The van der Waals surface area contributed by atoms with Gasteiger partial charge in [0.25, 0.3) is 5.91 Å². The Morgan fingerprint density at radius 3 is 2.62 bits per heavy atom. The van der Waals surface area contributed by atoms with Gasteiger partial charge in [-0.3, -0.25) is 9.59 Å². The lowest BCUT2D eigenvalue weighted by atomic mass is 9.88. The summed E-state index contributed by atoms with van der Waals surface area (Å²) in [6.45, 7) is 1.71. The standard InChI is InChI=1S/C22H25NO3/c1-2-18(16-9-4-3-5-10-16)22(25)26-15-21(24)23-20-14-8-12-17-11-6-7-13-19(17)20/h3-7,9-11,13,18,20H,2,8,12,14-15H2,1H3,(H,23,24)/t18-,20-/m0/s1. The van der Waals surface area contributed by atoms with Crippen molar-refractivity contribution in [3.05, 3.63) is 71.3 Å². The van der Waals surface area contributed by atoms with E-state index in [2.05, 4.69) is 17.4 Å². The molecule has 26 heavy (non-hydrogen) atoms. The van der Waals surface area contributed by atoms with Crippen LogP contribution in [-0.2, 0) is 20.7 Å². The van der Waals surface area contributed by atoms with Crippen LogP contribution in [0.5, 0.6) is 0 Å². The lowest BCUT2D eigenvalue weighted by molar-refractivity contribution is -0.150. The topological polar surface area (TPSA) is 55.4 Å². The fourth-order valence-electron chi connectivity index (χ4n) is 3.60. The summed E-state index contributed by atoms with van der Waals surface area (Å²) in [5.41, 5.74) is 3.38. The molecule has 2 atom stereocenters. The van der Waals surface area contributed by atoms with Crippen molar-refractivity contribution in [1.29, 1.82) is 0 Å². The number of fused-ring (bicyclic) bond motifs is 1. The third-order valence-corrected chi connectivity index (χ3v) is 4.94. The van der Waals surface area contributed by atoms with Crippen LogP contribution in [0.15, 0.2) is 54.6 Å². The number of rotatable bonds is 6. The quantitative estimate of drug-likeness (QED) is 0.803. The van der Waals surface area contributed by atoms with E-state index in [1.807, 2.05) is 49.4 Å². The number of benzene rings is 2. The molecule has 0 heterocycles. The zero-order chi connectivity index (χ0) is 18.4. The number of esters is 1. The third kappa shape index (κ3) is 4.31. The summed E-state index contributed by atoms with van der Waals surface area (Å²) in [6.07, 6.45) is 3.65. The molecule has 0 saturated carbocycles. The lowest BCUT2D eigenvalue weighted by Gasteiger charge is -2.26. The fraction of sp³-hybridized carbons (Fsp3) is 0.364. The lowest BCUT2D eigenvalue weighted by Crippen LogP contribution is -2.34. The van der Waals surface area contributed by atoms with Gasteiger partial charge in [0.2, 0.25) is 0 Å². The number of hydrogen-bond donors (Lipinski definition) is 1. The van der Waals surface area contributed by atoms with Crippen LogP contribution < -0.4 is 5.32 Å². The molecule has 1 N–H and O–H groups in total. The molecule has 0 radical (unpaired) electrons. The molecule has 2 aromatic rings. The Balaban J connectivity index is 1.55. The summed E-state index contributed by atoms with van der Waals surface area (Å²) >= 11 is 0. The van der Waals surface area contributed by atoms with Crippen LogP contribution in [0.1, 0.15) is 54.8 Å². The van der Waals surface area contributed by atoms with E-state index in [1.165, 1.54) is 11.1 Å². The van der Waals surface area contributed by atoms with Crippen molar-refractivity contribution in [1.82, 2.24) is 5.32 Å². The monoisotopic (exact) mass is 351 g/mol. The van der Waals surface area contributed by atoms with Crippen LogP contribution >= 0.6 is 0 Å². The van der Waals surface area contributed by atoms with Crippen molar-refractivity contribution in [3.8, 4) is 0 Å². The number of nitrogens with one attached hydrogen (secondary N) is 1. The first-order valence-corrected chi connectivity index (χ1v) is 9.27. The summed E-state index contributed by atoms with van der Waals surface area (Å²) in [7, 11) is 0. The van der Waals surface area contributed by atoms with E-state index >= 15 is 0 Å². The van der Waals surface area contributed by atoms with Crippen LogP contribution in [-0.4, -0.2) is 18.5 Å². The average Bonchev–Trinajstić information content (AvgIpc) is 2.68. The predicted molar refractivity (Wildman–Crippen MR) is 101 cm³/mol. The highest BCUT2D eigenvalue weighted by atomic mass is 16.5. The summed E-state index contributed by atoms with van der Waals surface area (Å²) in [4.78, 5) is 24.7. The van der Waals surface area contributed by atoms with Crippen molar-refractivity contribution in [3.63, 3.8) is 0 Å². The Bertz CT molecular complexity index is 757. The number of aryl methyl sites for hydroxylation is 1. The summed E-state index contributed by atoms with van der Waals surface area (Å²) in [6, 6.07) is 17.7. The second-order valence-corrected chi connectivity index (χ2v) is 6.69. The molecule has 0 aliphatic heterocycles. The molecule has 0 unspecified atom stereocenters. The molecular weight excluding hydrogens is 326 g/mol. The van der Waals surface area contributed by atoms with Crippen LogP contribution in [0.2, 0.25) is 0 Å². The zero-order valence-electron chi connectivity index (χ0n) is 15.1. The van der Waals surface area contributed by atoms with Gasteiger partial charge in [-0.05, 0) is 42.4 Å². The van der Waals surface area contributed by atoms with Crippen molar-refractivity contribution in [2.45, 2.75) is 44.6 Å². The van der Waals surface area contributed by atoms with Gasteiger partial charge in [-0.2, -0.15) is 0 Å². The summed E-state index contributed by atoms with van der Waals surface area (Å²) in [5.74, 6) is -0.930. The molecule has 2 aromatic carbocycles. The third-order valence-electron chi connectivity index (χ3n) is 4.94. The van der Waals surface area contributed by atoms with Crippen molar-refractivity contribution >= 4 is 11.9 Å². The minimum absolute atomic E-state index is 0.00208. The molecule has 1 aliphatic carbocycles. The van der Waals surface area contributed by atoms with E-state index in [-0.39, 0.29) is 30.4 Å². The second kappa shape index (κ2) is 8.65. The maximum Gasteiger partial charge on any atom is 0.313 e. The van der Waals surface area contributed by atoms with Crippen LogP contribution in [0, 0.1) is 0 Å². The van der Waals surface area contributed by atoms with Crippen molar-refractivity contribution in [2.24, 2.45) is 0 Å². The number of carbonyl (C=O) groups is 2. The predicted octanol–water partition coefficient (Wildman–Crippen LogP) is 3.92. The molecular formula is C22H25NO3. The molecule has 1 aliphatic rings.